The van der Waals surface area contributed by atoms with Crippen molar-refractivity contribution in [2.45, 2.75) is 32.8 Å². The Kier molecular flexibility index (Phi) is 5.51. The molecule has 6 heteroatoms. The van der Waals surface area contributed by atoms with Crippen LogP contribution in [0.5, 0.6) is 0 Å². The Morgan fingerprint density at radius 3 is 2.36 bits per heavy atom. The minimum absolute atomic E-state index is 0.0385. The highest BCUT2D eigenvalue weighted by Crippen LogP contribution is 2.33. The Bertz CT molecular complexity index is 773. The minimum atomic E-state index is -0.183. The molecule has 1 aromatic carbocycles. The summed E-state index contributed by atoms with van der Waals surface area (Å²) in [6.45, 7) is 9.61. The number of hydrogen-bond acceptors (Lipinski definition) is 5. The molecular weight excluding hydrogens is 354 g/mol. The summed E-state index contributed by atoms with van der Waals surface area (Å²) in [7, 11) is 0. The maximum Gasteiger partial charge on any atom is 0.277 e. The number of imide groups is 1. The maximum atomic E-state index is 13.3. The van der Waals surface area contributed by atoms with Gasteiger partial charge in [0.25, 0.3) is 11.8 Å². The lowest BCUT2D eigenvalue weighted by Gasteiger charge is -2.36. The lowest BCUT2D eigenvalue weighted by molar-refractivity contribution is -0.139. The Balaban J connectivity index is 1.66. The van der Waals surface area contributed by atoms with Crippen molar-refractivity contribution in [2.75, 3.05) is 45.9 Å². The molecule has 3 aliphatic rings. The lowest BCUT2D eigenvalue weighted by Crippen LogP contribution is -2.47. The maximum absolute atomic E-state index is 13.3. The summed E-state index contributed by atoms with van der Waals surface area (Å²) in [5.74, 6) is -0.349. The third-order valence-electron chi connectivity index (χ3n) is 6.03. The van der Waals surface area contributed by atoms with E-state index in [0.29, 0.717) is 24.4 Å². The molecular formula is C22H29N3O3. The first kappa shape index (κ1) is 19.2. The standard InChI is InChI=1S/C22H29N3O3/c1-3-23-10-12-24(13-11-23)20-19(17-8-6-16(2)7-9-17)21(26)25(22(20)27)15-18-5-4-14-28-18/h6-9,18H,3-5,10-15H2,1-2H3. The van der Waals surface area contributed by atoms with Crippen LogP contribution in [0.3, 0.4) is 0 Å². The molecule has 6 nitrogen and oxygen atoms in total. The van der Waals surface area contributed by atoms with Gasteiger partial charge in [0.05, 0.1) is 18.2 Å². The Morgan fingerprint density at radius 1 is 1.04 bits per heavy atom. The monoisotopic (exact) mass is 383 g/mol. The fourth-order valence-corrected chi connectivity index (χ4v) is 4.28. The highest BCUT2D eigenvalue weighted by molar-refractivity contribution is 6.35. The molecule has 0 aromatic heterocycles. The fraction of sp³-hybridized carbons (Fsp3) is 0.545. The van der Waals surface area contributed by atoms with Gasteiger partial charge in [-0.2, -0.15) is 0 Å². The molecule has 0 saturated carbocycles. The Morgan fingerprint density at radius 2 is 1.75 bits per heavy atom. The molecule has 2 saturated heterocycles. The summed E-state index contributed by atoms with van der Waals surface area (Å²) in [6, 6.07) is 7.90. The first-order valence-electron chi connectivity index (χ1n) is 10.3. The summed E-state index contributed by atoms with van der Waals surface area (Å²) in [5, 5.41) is 0. The topological polar surface area (TPSA) is 53.1 Å². The smallest absolute Gasteiger partial charge is 0.277 e. The summed E-state index contributed by atoms with van der Waals surface area (Å²) in [6.07, 6.45) is 1.86. The van der Waals surface area contributed by atoms with Crippen LogP contribution in [0.25, 0.3) is 5.57 Å². The average molecular weight is 383 g/mol. The lowest BCUT2D eigenvalue weighted by atomic mass is 10.0. The third kappa shape index (κ3) is 3.59. The summed E-state index contributed by atoms with van der Waals surface area (Å²) < 4.78 is 5.69. The first-order chi connectivity index (χ1) is 13.6. The molecule has 0 N–H and O–H groups in total. The Hall–Kier alpha value is -2.18. The number of carbonyl (C=O) groups is 2. The molecule has 4 rings (SSSR count). The molecule has 0 spiro atoms. The Labute approximate surface area is 166 Å². The van der Waals surface area contributed by atoms with Gasteiger partial charge in [0.1, 0.15) is 5.70 Å². The second-order valence-corrected chi connectivity index (χ2v) is 7.87. The van der Waals surface area contributed by atoms with E-state index in [1.54, 1.807) is 0 Å². The van der Waals surface area contributed by atoms with E-state index < -0.39 is 0 Å². The quantitative estimate of drug-likeness (QED) is 0.727. The van der Waals surface area contributed by atoms with E-state index in [1.807, 2.05) is 31.2 Å². The number of amides is 2. The van der Waals surface area contributed by atoms with Crippen LogP contribution in [-0.4, -0.2) is 78.5 Å². The molecule has 0 bridgehead atoms. The van der Waals surface area contributed by atoms with E-state index in [-0.39, 0.29) is 17.9 Å². The summed E-state index contributed by atoms with van der Waals surface area (Å²) in [4.78, 5) is 32.5. The van der Waals surface area contributed by atoms with Crippen LogP contribution < -0.4 is 0 Å². The molecule has 1 aromatic rings. The third-order valence-corrected chi connectivity index (χ3v) is 6.03. The van der Waals surface area contributed by atoms with Gasteiger partial charge in [-0.3, -0.25) is 14.5 Å². The SMILES string of the molecule is CCN1CCN(C2=C(c3ccc(C)cc3)C(=O)N(CC3CCCO3)C2=O)CC1. The van der Waals surface area contributed by atoms with E-state index in [2.05, 4.69) is 16.7 Å². The van der Waals surface area contributed by atoms with Gasteiger partial charge in [-0.15, -0.1) is 0 Å². The van der Waals surface area contributed by atoms with Crippen molar-refractivity contribution < 1.29 is 14.3 Å². The predicted molar refractivity (Wildman–Crippen MR) is 107 cm³/mol. The number of rotatable bonds is 5. The largest absolute Gasteiger partial charge is 0.376 e. The van der Waals surface area contributed by atoms with Crippen molar-refractivity contribution in [3.8, 4) is 0 Å². The molecule has 150 valence electrons. The fourth-order valence-electron chi connectivity index (χ4n) is 4.28. The van der Waals surface area contributed by atoms with E-state index in [9.17, 15) is 9.59 Å². The van der Waals surface area contributed by atoms with Crippen molar-refractivity contribution in [3.05, 3.63) is 41.1 Å². The summed E-state index contributed by atoms with van der Waals surface area (Å²) in [5.41, 5.74) is 3.08. The molecule has 3 heterocycles. The molecule has 2 amide bonds. The van der Waals surface area contributed by atoms with Crippen LogP contribution in [0.1, 0.15) is 30.9 Å². The minimum Gasteiger partial charge on any atom is -0.376 e. The van der Waals surface area contributed by atoms with E-state index in [4.69, 9.17) is 4.74 Å². The normalized spacial score (nSPS) is 24.0. The summed E-state index contributed by atoms with van der Waals surface area (Å²) >= 11 is 0. The van der Waals surface area contributed by atoms with Crippen LogP contribution in [-0.2, 0) is 14.3 Å². The van der Waals surface area contributed by atoms with Gasteiger partial charge in [-0.05, 0) is 31.9 Å². The van der Waals surface area contributed by atoms with Crippen molar-refractivity contribution in [3.63, 3.8) is 0 Å². The first-order valence-corrected chi connectivity index (χ1v) is 10.3. The number of aryl methyl sites for hydroxylation is 1. The van der Waals surface area contributed by atoms with Crippen LogP contribution in [0.2, 0.25) is 0 Å². The average Bonchev–Trinajstić information content (AvgIpc) is 3.31. The van der Waals surface area contributed by atoms with Crippen molar-refractivity contribution in [2.24, 2.45) is 0 Å². The highest BCUT2D eigenvalue weighted by Gasteiger charge is 2.43. The van der Waals surface area contributed by atoms with Gasteiger partial charge in [0.15, 0.2) is 0 Å². The zero-order valence-corrected chi connectivity index (χ0v) is 16.8. The van der Waals surface area contributed by atoms with E-state index >= 15 is 0 Å². The molecule has 0 aliphatic carbocycles. The van der Waals surface area contributed by atoms with E-state index in [0.717, 1.165) is 56.7 Å². The van der Waals surface area contributed by atoms with Gasteiger partial charge in [-0.25, -0.2) is 0 Å². The second-order valence-electron chi connectivity index (χ2n) is 7.87. The molecule has 28 heavy (non-hydrogen) atoms. The van der Waals surface area contributed by atoms with Crippen molar-refractivity contribution in [1.82, 2.24) is 14.7 Å². The molecule has 1 unspecified atom stereocenters. The second kappa shape index (κ2) is 8.05. The van der Waals surface area contributed by atoms with Gasteiger partial charge in [0.2, 0.25) is 0 Å². The van der Waals surface area contributed by atoms with Crippen LogP contribution >= 0.6 is 0 Å². The molecule has 1 atom stereocenters. The number of likely N-dealkylation sites (N-methyl/N-ethyl adjacent to an activating group) is 1. The number of carbonyl (C=O) groups excluding carboxylic acids is 2. The molecule has 3 aliphatic heterocycles. The highest BCUT2D eigenvalue weighted by atomic mass is 16.5. The zero-order valence-electron chi connectivity index (χ0n) is 16.8. The number of nitrogens with zero attached hydrogens (tertiary/aromatic N) is 3. The van der Waals surface area contributed by atoms with E-state index in [1.165, 1.54) is 4.90 Å². The molecule has 2 fully saturated rings. The van der Waals surface area contributed by atoms with Gasteiger partial charge in [0, 0.05) is 32.8 Å². The van der Waals surface area contributed by atoms with Gasteiger partial charge in [-0.1, -0.05) is 36.8 Å². The molecule has 0 radical (unpaired) electrons. The van der Waals surface area contributed by atoms with Crippen LogP contribution in [0.15, 0.2) is 30.0 Å². The van der Waals surface area contributed by atoms with Crippen LogP contribution in [0, 0.1) is 6.92 Å². The van der Waals surface area contributed by atoms with Gasteiger partial charge < -0.3 is 14.5 Å². The van der Waals surface area contributed by atoms with Crippen molar-refractivity contribution >= 4 is 17.4 Å². The van der Waals surface area contributed by atoms with Crippen LogP contribution in [0.4, 0.5) is 0 Å². The number of piperazine rings is 1. The zero-order chi connectivity index (χ0) is 19.7. The van der Waals surface area contributed by atoms with Gasteiger partial charge >= 0.3 is 0 Å². The number of hydrogen-bond donors (Lipinski definition) is 0. The number of ether oxygens (including phenoxy) is 1. The predicted octanol–water partition coefficient (Wildman–Crippen LogP) is 1.89. The van der Waals surface area contributed by atoms with Crippen molar-refractivity contribution in [1.29, 1.82) is 0 Å². The number of benzene rings is 1.